The summed E-state index contributed by atoms with van der Waals surface area (Å²) in [5.74, 6) is -0.0519. The van der Waals surface area contributed by atoms with E-state index in [0.29, 0.717) is 6.61 Å². The van der Waals surface area contributed by atoms with Gasteiger partial charge in [0, 0.05) is 5.92 Å². The SMILES string of the molecule is B[C@@H]1O[C@]2(CC(=O)OCc3ccccc3)C(C)C1OC2(C)C. The van der Waals surface area contributed by atoms with E-state index < -0.39 is 11.2 Å². The second-order valence-corrected chi connectivity index (χ2v) is 6.92. The Kier molecular flexibility index (Phi) is 3.81. The van der Waals surface area contributed by atoms with Crippen molar-refractivity contribution in [1.82, 2.24) is 0 Å². The molecule has 2 saturated heterocycles. The average molecular weight is 302 g/mol. The van der Waals surface area contributed by atoms with Gasteiger partial charge in [-0.2, -0.15) is 0 Å². The number of carbonyl (C=O) groups is 1. The van der Waals surface area contributed by atoms with E-state index in [1.807, 2.05) is 52.0 Å². The summed E-state index contributed by atoms with van der Waals surface area (Å²) >= 11 is 0. The van der Waals surface area contributed by atoms with Crippen LogP contribution in [0.1, 0.15) is 32.8 Å². The topological polar surface area (TPSA) is 44.8 Å². The minimum absolute atomic E-state index is 0.0185. The number of rotatable bonds is 4. The molecular formula is C17H23BO4. The van der Waals surface area contributed by atoms with Gasteiger partial charge in [-0.25, -0.2) is 0 Å². The van der Waals surface area contributed by atoms with Crippen LogP contribution in [-0.4, -0.2) is 37.1 Å². The Morgan fingerprint density at radius 3 is 2.55 bits per heavy atom. The van der Waals surface area contributed by atoms with Crippen molar-refractivity contribution in [2.24, 2.45) is 5.92 Å². The fourth-order valence-electron chi connectivity index (χ4n) is 3.93. The molecule has 22 heavy (non-hydrogen) atoms. The van der Waals surface area contributed by atoms with Crippen molar-refractivity contribution in [3.05, 3.63) is 35.9 Å². The van der Waals surface area contributed by atoms with Crippen LogP contribution in [-0.2, 0) is 25.6 Å². The fourth-order valence-corrected chi connectivity index (χ4v) is 3.93. The van der Waals surface area contributed by atoms with Crippen LogP contribution >= 0.6 is 0 Å². The van der Waals surface area contributed by atoms with Gasteiger partial charge in [0.15, 0.2) is 0 Å². The molecule has 2 bridgehead atoms. The highest BCUT2D eigenvalue weighted by Crippen LogP contribution is 2.55. The van der Waals surface area contributed by atoms with E-state index in [9.17, 15) is 4.79 Å². The molecule has 2 fully saturated rings. The third-order valence-electron chi connectivity index (χ3n) is 5.19. The van der Waals surface area contributed by atoms with Crippen LogP contribution in [0.2, 0.25) is 0 Å². The van der Waals surface area contributed by atoms with Gasteiger partial charge in [0.1, 0.15) is 20.1 Å². The summed E-state index contributed by atoms with van der Waals surface area (Å²) in [6, 6.07) is 9.72. The molecule has 1 aromatic rings. The van der Waals surface area contributed by atoms with Gasteiger partial charge in [-0.15, -0.1) is 0 Å². The molecule has 1 aromatic carbocycles. The third-order valence-corrected chi connectivity index (χ3v) is 5.19. The maximum atomic E-state index is 12.3. The fraction of sp³-hybridized carbons (Fsp3) is 0.588. The second kappa shape index (κ2) is 5.39. The Labute approximate surface area is 132 Å². The van der Waals surface area contributed by atoms with Crippen LogP contribution < -0.4 is 0 Å². The lowest BCUT2D eigenvalue weighted by Crippen LogP contribution is -2.54. The summed E-state index contributed by atoms with van der Waals surface area (Å²) in [6.45, 7) is 6.40. The summed E-state index contributed by atoms with van der Waals surface area (Å²) in [6.07, 6.45) is 0.284. The lowest BCUT2D eigenvalue weighted by molar-refractivity contribution is -0.213. The Hall–Kier alpha value is -1.33. The highest BCUT2D eigenvalue weighted by molar-refractivity contribution is 6.11. The van der Waals surface area contributed by atoms with E-state index in [0.717, 1.165) is 5.56 Å². The number of benzene rings is 1. The van der Waals surface area contributed by atoms with Crippen molar-refractivity contribution in [2.45, 2.75) is 57.1 Å². The van der Waals surface area contributed by atoms with Crippen molar-refractivity contribution < 1.29 is 19.0 Å². The van der Waals surface area contributed by atoms with Crippen LogP contribution in [0.15, 0.2) is 30.3 Å². The number of fused-ring (bicyclic) bond motifs is 2. The first-order valence-electron chi connectivity index (χ1n) is 7.91. The van der Waals surface area contributed by atoms with Crippen molar-refractivity contribution in [3.8, 4) is 0 Å². The maximum absolute atomic E-state index is 12.3. The van der Waals surface area contributed by atoms with E-state index in [1.54, 1.807) is 0 Å². The molecule has 0 N–H and O–H groups in total. The Morgan fingerprint density at radius 1 is 1.27 bits per heavy atom. The predicted molar refractivity (Wildman–Crippen MR) is 85.1 cm³/mol. The lowest BCUT2D eigenvalue weighted by Gasteiger charge is -2.43. The summed E-state index contributed by atoms with van der Waals surface area (Å²) in [4.78, 5) is 12.3. The minimum atomic E-state index is -0.592. The van der Waals surface area contributed by atoms with Crippen molar-refractivity contribution in [3.63, 3.8) is 0 Å². The van der Waals surface area contributed by atoms with E-state index >= 15 is 0 Å². The molecule has 2 aliphatic heterocycles. The van der Waals surface area contributed by atoms with Crippen molar-refractivity contribution >= 4 is 13.8 Å². The molecule has 2 unspecified atom stereocenters. The first-order chi connectivity index (χ1) is 10.4. The van der Waals surface area contributed by atoms with Crippen molar-refractivity contribution in [2.75, 3.05) is 0 Å². The van der Waals surface area contributed by atoms with Crippen LogP contribution in [0, 0.1) is 5.92 Å². The molecule has 2 heterocycles. The molecule has 0 aromatic heterocycles. The van der Waals surface area contributed by atoms with E-state index in [1.165, 1.54) is 0 Å². The zero-order valence-electron chi connectivity index (χ0n) is 13.7. The summed E-state index contributed by atoms with van der Waals surface area (Å²) < 4.78 is 17.7. The highest BCUT2D eigenvalue weighted by atomic mass is 16.6. The smallest absolute Gasteiger partial charge is 0.309 e. The molecule has 0 amide bonds. The van der Waals surface area contributed by atoms with E-state index in [2.05, 4.69) is 6.92 Å². The van der Waals surface area contributed by atoms with Crippen LogP contribution in [0.3, 0.4) is 0 Å². The van der Waals surface area contributed by atoms with E-state index in [4.69, 9.17) is 14.2 Å². The standard InChI is InChI=1S/C17H23BO4/c1-11-14-15(18)22-17(11,16(2,3)21-14)9-13(19)20-10-12-7-5-4-6-8-12/h4-8,11,14-15H,9-10,18H2,1-3H3/t11?,14?,15-,17-/m1/s1. The third kappa shape index (κ3) is 2.36. The Bertz CT molecular complexity index is 559. The molecular weight excluding hydrogens is 279 g/mol. The van der Waals surface area contributed by atoms with Crippen molar-refractivity contribution in [1.29, 1.82) is 0 Å². The number of hydrogen-bond donors (Lipinski definition) is 0. The van der Waals surface area contributed by atoms with Gasteiger partial charge < -0.3 is 14.2 Å². The van der Waals surface area contributed by atoms with Gasteiger partial charge in [-0.1, -0.05) is 37.3 Å². The number of hydrogen-bond acceptors (Lipinski definition) is 4. The maximum Gasteiger partial charge on any atom is 0.309 e. The highest BCUT2D eigenvalue weighted by Gasteiger charge is 2.67. The first-order valence-corrected chi connectivity index (χ1v) is 7.91. The summed E-state index contributed by atoms with van der Waals surface area (Å²) in [7, 11) is 2.01. The normalized spacial score (nSPS) is 35.5. The average Bonchev–Trinajstić information content (AvgIpc) is 2.81. The quantitative estimate of drug-likeness (QED) is 0.627. The van der Waals surface area contributed by atoms with Gasteiger partial charge in [0.2, 0.25) is 0 Å². The number of esters is 1. The Balaban J connectivity index is 1.67. The van der Waals surface area contributed by atoms with Crippen LogP contribution in [0.5, 0.6) is 0 Å². The predicted octanol–water partition coefficient (Wildman–Crippen LogP) is 1.66. The Morgan fingerprint density at radius 2 is 1.95 bits per heavy atom. The molecule has 0 aliphatic carbocycles. The first kappa shape index (κ1) is 15.6. The monoisotopic (exact) mass is 302 g/mol. The largest absolute Gasteiger partial charge is 0.461 e. The molecule has 4 nitrogen and oxygen atoms in total. The van der Waals surface area contributed by atoms with E-state index in [-0.39, 0.29) is 30.4 Å². The van der Waals surface area contributed by atoms with Crippen LogP contribution in [0.25, 0.3) is 0 Å². The molecule has 0 spiro atoms. The molecule has 118 valence electrons. The molecule has 3 rings (SSSR count). The molecule has 0 radical (unpaired) electrons. The minimum Gasteiger partial charge on any atom is -0.461 e. The summed E-state index contributed by atoms with van der Waals surface area (Å²) in [5, 5.41) is 0. The van der Waals surface area contributed by atoms with Gasteiger partial charge in [0.05, 0.1) is 24.1 Å². The molecule has 5 heteroatoms. The van der Waals surface area contributed by atoms with Gasteiger partial charge in [-0.3, -0.25) is 4.79 Å². The number of carbonyl (C=O) groups excluding carboxylic acids is 1. The van der Waals surface area contributed by atoms with Gasteiger partial charge >= 0.3 is 5.97 Å². The molecule has 0 saturated carbocycles. The van der Waals surface area contributed by atoms with Gasteiger partial charge in [-0.05, 0) is 19.4 Å². The number of ether oxygens (including phenoxy) is 3. The zero-order valence-corrected chi connectivity index (χ0v) is 13.7. The lowest BCUT2D eigenvalue weighted by atomic mass is 9.76. The second-order valence-electron chi connectivity index (χ2n) is 6.92. The molecule has 2 aliphatic rings. The molecule has 4 atom stereocenters. The summed E-state index contributed by atoms with van der Waals surface area (Å²) in [5.41, 5.74) is -0.0813. The van der Waals surface area contributed by atoms with Crippen LogP contribution in [0.4, 0.5) is 0 Å². The zero-order chi connectivity index (χ0) is 16.0. The van der Waals surface area contributed by atoms with Gasteiger partial charge in [0.25, 0.3) is 0 Å².